The molecule has 80 valence electrons. The van der Waals surface area contributed by atoms with Gasteiger partial charge in [-0.25, -0.2) is 0 Å². The highest BCUT2D eigenvalue weighted by Crippen LogP contribution is 2.32. The Morgan fingerprint density at radius 3 is 2.21 bits per heavy atom. The minimum absolute atomic E-state index is 0.381. The Morgan fingerprint density at radius 2 is 1.79 bits per heavy atom. The lowest BCUT2D eigenvalue weighted by molar-refractivity contribution is -0.0971. The zero-order valence-electron chi connectivity index (χ0n) is 8.82. The van der Waals surface area contributed by atoms with Crippen molar-refractivity contribution in [1.29, 1.82) is 0 Å². The van der Waals surface area contributed by atoms with E-state index in [1.54, 1.807) is 0 Å². The van der Waals surface area contributed by atoms with Crippen LogP contribution in [-0.4, -0.2) is 30.7 Å². The number of hydrogen-bond donors (Lipinski definition) is 1. The summed E-state index contributed by atoms with van der Waals surface area (Å²) in [5.74, 6) is 5.95. The van der Waals surface area contributed by atoms with Crippen LogP contribution in [-0.2, 0) is 9.47 Å². The maximum absolute atomic E-state index is 9.49. The molecule has 0 amide bonds. The molecular weight excluding hydrogens is 180 g/mol. The summed E-state index contributed by atoms with van der Waals surface area (Å²) < 4.78 is 10.5. The van der Waals surface area contributed by atoms with Crippen molar-refractivity contribution in [3.63, 3.8) is 0 Å². The van der Waals surface area contributed by atoms with Crippen LogP contribution in [0.4, 0.5) is 0 Å². The van der Waals surface area contributed by atoms with Gasteiger partial charge in [0, 0.05) is 13.2 Å². The lowest BCUT2D eigenvalue weighted by atomic mass is 10.2. The third-order valence-corrected chi connectivity index (χ3v) is 2.05. The Labute approximate surface area is 85.4 Å². The smallest absolute Gasteiger partial charge is 0.222 e. The van der Waals surface area contributed by atoms with Crippen molar-refractivity contribution in [2.24, 2.45) is 5.92 Å². The molecule has 3 nitrogen and oxygen atoms in total. The molecule has 3 heteroatoms. The van der Waals surface area contributed by atoms with E-state index in [0.29, 0.717) is 19.1 Å². The zero-order chi connectivity index (χ0) is 10.4. The standard InChI is InChI=1S/C11H18O3/c1-3-13-11(14-4-2)8-7-10(12)9-5-6-9/h9-12H,3-6H2,1-2H3. The van der Waals surface area contributed by atoms with Gasteiger partial charge in [0.2, 0.25) is 6.29 Å². The molecule has 1 aliphatic rings. The number of aliphatic hydroxyl groups is 1. The fraction of sp³-hybridized carbons (Fsp3) is 0.818. The number of hydrogen-bond acceptors (Lipinski definition) is 3. The van der Waals surface area contributed by atoms with Crippen molar-refractivity contribution in [1.82, 2.24) is 0 Å². The first-order valence-corrected chi connectivity index (χ1v) is 5.20. The molecule has 0 heterocycles. The summed E-state index contributed by atoms with van der Waals surface area (Å²) in [6.07, 6.45) is 1.19. The molecule has 1 saturated carbocycles. The molecule has 1 aliphatic carbocycles. The van der Waals surface area contributed by atoms with Crippen LogP contribution in [0.15, 0.2) is 0 Å². The minimum atomic E-state index is -0.501. The van der Waals surface area contributed by atoms with Crippen LogP contribution in [0.25, 0.3) is 0 Å². The molecule has 0 bridgehead atoms. The Morgan fingerprint density at radius 1 is 1.21 bits per heavy atom. The van der Waals surface area contributed by atoms with Gasteiger partial charge in [-0.15, -0.1) is 0 Å². The average Bonchev–Trinajstić information content (AvgIpc) is 2.97. The van der Waals surface area contributed by atoms with Crippen molar-refractivity contribution in [3.05, 3.63) is 0 Å². The summed E-state index contributed by atoms with van der Waals surface area (Å²) in [4.78, 5) is 0. The number of ether oxygens (including phenoxy) is 2. The third-order valence-electron chi connectivity index (χ3n) is 2.05. The molecule has 1 N–H and O–H groups in total. The lowest BCUT2D eigenvalue weighted by Gasteiger charge is -2.10. The van der Waals surface area contributed by atoms with Crippen molar-refractivity contribution in [2.45, 2.75) is 39.1 Å². The number of aliphatic hydroxyl groups excluding tert-OH is 1. The largest absolute Gasteiger partial charge is 0.380 e. The van der Waals surface area contributed by atoms with Crippen LogP contribution >= 0.6 is 0 Å². The molecule has 1 unspecified atom stereocenters. The summed E-state index contributed by atoms with van der Waals surface area (Å²) >= 11 is 0. The van der Waals surface area contributed by atoms with E-state index >= 15 is 0 Å². The van der Waals surface area contributed by atoms with Gasteiger partial charge in [0.1, 0.15) is 6.10 Å². The lowest BCUT2D eigenvalue weighted by Crippen LogP contribution is -2.16. The second kappa shape index (κ2) is 6.02. The fourth-order valence-electron chi connectivity index (χ4n) is 1.12. The first-order chi connectivity index (χ1) is 6.77. The Kier molecular flexibility index (Phi) is 4.95. The zero-order valence-corrected chi connectivity index (χ0v) is 8.82. The maximum Gasteiger partial charge on any atom is 0.222 e. The summed E-state index contributed by atoms with van der Waals surface area (Å²) in [5.41, 5.74) is 0. The van der Waals surface area contributed by atoms with E-state index in [1.165, 1.54) is 0 Å². The van der Waals surface area contributed by atoms with Gasteiger partial charge in [0.25, 0.3) is 0 Å². The van der Waals surface area contributed by atoms with Crippen molar-refractivity contribution >= 4 is 0 Å². The van der Waals surface area contributed by atoms with E-state index in [9.17, 15) is 5.11 Å². The van der Waals surface area contributed by atoms with Crippen LogP contribution in [0.5, 0.6) is 0 Å². The first-order valence-electron chi connectivity index (χ1n) is 5.20. The van der Waals surface area contributed by atoms with Crippen LogP contribution in [0.2, 0.25) is 0 Å². The van der Waals surface area contributed by atoms with Crippen molar-refractivity contribution in [3.8, 4) is 11.8 Å². The normalized spacial score (nSPS) is 17.7. The second-order valence-electron chi connectivity index (χ2n) is 3.31. The highest BCUT2D eigenvalue weighted by atomic mass is 16.7. The van der Waals surface area contributed by atoms with Gasteiger partial charge >= 0.3 is 0 Å². The Bertz CT molecular complexity index is 206. The molecule has 0 aromatic carbocycles. The van der Waals surface area contributed by atoms with Crippen molar-refractivity contribution < 1.29 is 14.6 Å². The molecule has 0 aromatic heterocycles. The van der Waals surface area contributed by atoms with Gasteiger partial charge in [-0.1, -0.05) is 5.92 Å². The molecule has 0 spiro atoms. The highest BCUT2D eigenvalue weighted by Gasteiger charge is 2.28. The Hall–Kier alpha value is -0.560. The predicted molar refractivity (Wildman–Crippen MR) is 53.5 cm³/mol. The summed E-state index contributed by atoms with van der Waals surface area (Å²) in [6, 6.07) is 0. The average molecular weight is 198 g/mol. The van der Waals surface area contributed by atoms with E-state index < -0.39 is 12.4 Å². The SMILES string of the molecule is CCOC(C#CC(O)C1CC1)OCC. The molecule has 0 aromatic rings. The van der Waals surface area contributed by atoms with Crippen LogP contribution in [0, 0.1) is 17.8 Å². The summed E-state index contributed by atoms with van der Waals surface area (Å²) in [6.45, 7) is 4.92. The quantitative estimate of drug-likeness (QED) is 0.532. The number of rotatable bonds is 5. The van der Waals surface area contributed by atoms with Gasteiger partial charge in [0.15, 0.2) is 0 Å². The van der Waals surface area contributed by atoms with E-state index in [1.807, 2.05) is 13.8 Å². The predicted octanol–water partition coefficient (Wildman–Crippen LogP) is 1.16. The first kappa shape index (κ1) is 11.5. The molecule has 0 radical (unpaired) electrons. The van der Waals surface area contributed by atoms with Crippen LogP contribution in [0.1, 0.15) is 26.7 Å². The molecule has 1 fully saturated rings. The summed E-state index contributed by atoms with van der Waals surface area (Å²) in [7, 11) is 0. The van der Waals surface area contributed by atoms with Gasteiger partial charge in [-0.05, 0) is 38.5 Å². The Balaban J connectivity index is 2.34. The summed E-state index contributed by atoms with van der Waals surface area (Å²) in [5, 5.41) is 9.49. The van der Waals surface area contributed by atoms with Crippen molar-refractivity contribution in [2.75, 3.05) is 13.2 Å². The van der Waals surface area contributed by atoms with E-state index in [0.717, 1.165) is 12.8 Å². The third kappa shape index (κ3) is 4.10. The molecule has 0 aliphatic heterocycles. The van der Waals surface area contributed by atoms with Gasteiger partial charge in [0.05, 0.1) is 0 Å². The van der Waals surface area contributed by atoms with Gasteiger partial charge < -0.3 is 14.6 Å². The molecule has 1 atom stereocenters. The van der Waals surface area contributed by atoms with Crippen LogP contribution < -0.4 is 0 Å². The highest BCUT2D eigenvalue weighted by molar-refractivity contribution is 5.10. The topological polar surface area (TPSA) is 38.7 Å². The van der Waals surface area contributed by atoms with E-state index in [2.05, 4.69) is 11.8 Å². The monoisotopic (exact) mass is 198 g/mol. The van der Waals surface area contributed by atoms with Crippen LogP contribution in [0.3, 0.4) is 0 Å². The van der Waals surface area contributed by atoms with Gasteiger partial charge in [-0.3, -0.25) is 0 Å². The fourth-order valence-corrected chi connectivity index (χ4v) is 1.12. The molecule has 1 rings (SSSR count). The van der Waals surface area contributed by atoms with Gasteiger partial charge in [-0.2, -0.15) is 0 Å². The molecule has 14 heavy (non-hydrogen) atoms. The second-order valence-corrected chi connectivity index (χ2v) is 3.31. The maximum atomic E-state index is 9.49. The molecule has 0 saturated heterocycles. The van der Waals surface area contributed by atoms with E-state index in [4.69, 9.17) is 9.47 Å². The van der Waals surface area contributed by atoms with E-state index in [-0.39, 0.29) is 0 Å². The minimum Gasteiger partial charge on any atom is -0.380 e. The molecular formula is C11H18O3.